The summed E-state index contributed by atoms with van der Waals surface area (Å²) in [6, 6.07) is 4.61. The van der Waals surface area contributed by atoms with E-state index in [9.17, 15) is 8.78 Å². The second kappa shape index (κ2) is 5.37. The quantitative estimate of drug-likeness (QED) is 0.855. The molecule has 16 heavy (non-hydrogen) atoms. The number of halogens is 2. The molecule has 2 rings (SSSR count). The number of benzene rings is 1. The summed E-state index contributed by atoms with van der Waals surface area (Å²) in [5, 5.41) is 3.22. The lowest BCUT2D eigenvalue weighted by Gasteiger charge is -2.23. The third-order valence-electron chi connectivity index (χ3n) is 2.83. The Labute approximate surface area is 93.6 Å². The smallest absolute Gasteiger partial charge is 0.163 e. The molecule has 0 aromatic heterocycles. The van der Waals surface area contributed by atoms with E-state index in [0.717, 1.165) is 32.1 Å². The van der Waals surface area contributed by atoms with Crippen LogP contribution in [0.1, 0.15) is 18.4 Å². The Morgan fingerprint density at radius 2 is 2.00 bits per heavy atom. The summed E-state index contributed by atoms with van der Waals surface area (Å²) in [4.78, 5) is 0. The fourth-order valence-electron chi connectivity index (χ4n) is 1.84. The lowest BCUT2D eigenvalue weighted by Crippen LogP contribution is -2.34. The van der Waals surface area contributed by atoms with Gasteiger partial charge in [-0.15, -0.1) is 0 Å². The van der Waals surface area contributed by atoms with Gasteiger partial charge in [-0.25, -0.2) is 8.78 Å². The van der Waals surface area contributed by atoms with Crippen LogP contribution in [0.5, 0.6) is 0 Å². The van der Waals surface area contributed by atoms with Crippen LogP contribution in [0.2, 0.25) is 0 Å². The van der Waals surface area contributed by atoms with Gasteiger partial charge in [-0.05, 0) is 18.9 Å². The molecule has 0 saturated carbocycles. The van der Waals surface area contributed by atoms with Crippen molar-refractivity contribution >= 4 is 0 Å². The molecule has 0 aliphatic carbocycles. The van der Waals surface area contributed by atoms with Gasteiger partial charge in [0.1, 0.15) is 0 Å². The van der Waals surface area contributed by atoms with E-state index >= 15 is 0 Å². The van der Waals surface area contributed by atoms with Gasteiger partial charge in [0.25, 0.3) is 0 Å². The Bertz CT molecular complexity index is 351. The Balaban J connectivity index is 1.91. The average molecular weight is 227 g/mol. The molecule has 1 fully saturated rings. The van der Waals surface area contributed by atoms with Crippen molar-refractivity contribution in [3.63, 3.8) is 0 Å². The van der Waals surface area contributed by atoms with Gasteiger partial charge < -0.3 is 10.1 Å². The van der Waals surface area contributed by atoms with Gasteiger partial charge in [0, 0.05) is 31.4 Å². The highest BCUT2D eigenvalue weighted by atomic mass is 19.2. The molecule has 88 valence electrons. The lowest BCUT2D eigenvalue weighted by molar-refractivity contribution is 0.0775. The van der Waals surface area contributed by atoms with Gasteiger partial charge in [0.2, 0.25) is 0 Å². The molecule has 0 atom stereocenters. The van der Waals surface area contributed by atoms with Crippen molar-refractivity contribution in [3.05, 3.63) is 35.4 Å². The maximum atomic E-state index is 13.3. The first-order chi connectivity index (χ1) is 7.77. The molecule has 1 saturated heterocycles. The van der Waals surface area contributed by atoms with E-state index in [1.807, 2.05) is 0 Å². The van der Waals surface area contributed by atoms with Gasteiger partial charge in [-0.2, -0.15) is 0 Å². The normalized spacial score (nSPS) is 17.6. The maximum absolute atomic E-state index is 13.3. The van der Waals surface area contributed by atoms with E-state index in [-0.39, 0.29) is 0 Å². The Hall–Kier alpha value is -1.00. The van der Waals surface area contributed by atoms with Gasteiger partial charge in [-0.1, -0.05) is 12.1 Å². The zero-order valence-electron chi connectivity index (χ0n) is 9.01. The zero-order chi connectivity index (χ0) is 11.4. The molecule has 0 radical (unpaired) electrons. The maximum Gasteiger partial charge on any atom is 0.163 e. The summed E-state index contributed by atoms with van der Waals surface area (Å²) < 4.78 is 31.5. The topological polar surface area (TPSA) is 21.3 Å². The highest BCUT2D eigenvalue weighted by molar-refractivity contribution is 5.18. The van der Waals surface area contributed by atoms with Crippen LogP contribution in [0.25, 0.3) is 0 Å². The van der Waals surface area contributed by atoms with E-state index in [1.165, 1.54) is 6.07 Å². The van der Waals surface area contributed by atoms with Crippen LogP contribution in [-0.2, 0) is 11.3 Å². The van der Waals surface area contributed by atoms with Crippen molar-refractivity contribution in [2.24, 2.45) is 0 Å². The van der Waals surface area contributed by atoms with Crippen LogP contribution in [0.4, 0.5) is 8.78 Å². The highest BCUT2D eigenvalue weighted by Gasteiger charge is 2.14. The molecule has 1 aromatic carbocycles. The molecule has 0 spiro atoms. The fraction of sp³-hybridized carbons (Fsp3) is 0.500. The summed E-state index contributed by atoms with van der Waals surface area (Å²) >= 11 is 0. The summed E-state index contributed by atoms with van der Waals surface area (Å²) in [5.41, 5.74) is 0.381. The first kappa shape index (κ1) is 11.5. The van der Waals surface area contributed by atoms with Crippen LogP contribution >= 0.6 is 0 Å². The monoisotopic (exact) mass is 227 g/mol. The molecular weight excluding hydrogens is 212 g/mol. The zero-order valence-corrected chi connectivity index (χ0v) is 9.01. The van der Waals surface area contributed by atoms with Crippen LogP contribution in [0.15, 0.2) is 18.2 Å². The number of hydrogen-bond donors (Lipinski definition) is 1. The molecule has 1 aromatic rings. The highest BCUT2D eigenvalue weighted by Crippen LogP contribution is 2.12. The second-order valence-corrected chi connectivity index (χ2v) is 3.98. The minimum absolute atomic E-state index is 0.344. The predicted molar refractivity (Wildman–Crippen MR) is 57.0 cm³/mol. The molecular formula is C12H15F2NO. The Morgan fingerprint density at radius 3 is 2.75 bits per heavy atom. The van der Waals surface area contributed by atoms with Gasteiger partial charge in [-0.3, -0.25) is 0 Å². The van der Waals surface area contributed by atoms with E-state index in [2.05, 4.69) is 5.32 Å². The molecule has 0 unspecified atom stereocenters. The van der Waals surface area contributed by atoms with Crippen LogP contribution in [0.3, 0.4) is 0 Å². The van der Waals surface area contributed by atoms with Gasteiger partial charge in [0.15, 0.2) is 11.6 Å². The first-order valence-corrected chi connectivity index (χ1v) is 5.51. The molecule has 1 heterocycles. The molecule has 4 heteroatoms. The van der Waals surface area contributed by atoms with Crippen molar-refractivity contribution in [1.82, 2.24) is 5.32 Å². The van der Waals surface area contributed by atoms with E-state index in [4.69, 9.17) is 4.74 Å². The number of hydrogen-bond acceptors (Lipinski definition) is 2. The fourth-order valence-corrected chi connectivity index (χ4v) is 1.84. The largest absolute Gasteiger partial charge is 0.381 e. The Kier molecular flexibility index (Phi) is 3.85. The number of rotatable bonds is 3. The van der Waals surface area contributed by atoms with Crippen molar-refractivity contribution in [2.75, 3.05) is 13.2 Å². The molecule has 0 bridgehead atoms. The van der Waals surface area contributed by atoms with Crippen LogP contribution < -0.4 is 5.32 Å². The molecule has 0 amide bonds. The summed E-state index contributed by atoms with van der Waals surface area (Å²) in [7, 11) is 0. The van der Waals surface area contributed by atoms with Gasteiger partial charge >= 0.3 is 0 Å². The SMILES string of the molecule is Fc1cccc(CNC2CCOCC2)c1F. The first-order valence-electron chi connectivity index (χ1n) is 5.51. The third-order valence-corrected chi connectivity index (χ3v) is 2.83. The molecule has 1 aliphatic heterocycles. The van der Waals surface area contributed by atoms with Crippen molar-refractivity contribution < 1.29 is 13.5 Å². The van der Waals surface area contributed by atoms with Crippen LogP contribution in [0, 0.1) is 11.6 Å². The van der Waals surface area contributed by atoms with Gasteiger partial charge in [0.05, 0.1) is 0 Å². The Morgan fingerprint density at radius 1 is 1.25 bits per heavy atom. The summed E-state index contributed by atoms with van der Waals surface area (Å²) in [6.07, 6.45) is 1.86. The minimum Gasteiger partial charge on any atom is -0.381 e. The van der Waals surface area contributed by atoms with E-state index in [0.29, 0.717) is 18.2 Å². The molecule has 1 aliphatic rings. The van der Waals surface area contributed by atoms with Crippen LogP contribution in [-0.4, -0.2) is 19.3 Å². The summed E-state index contributed by atoms with van der Waals surface area (Å²) in [6.45, 7) is 1.85. The molecule has 1 N–H and O–H groups in total. The second-order valence-electron chi connectivity index (χ2n) is 3.98. The molecule has 2 nitrogen and oxygen atoms in total. The minimum atomic E-state index is -0.786. The van der Waals surface area contributed by atoms with E-state index in [1.54, 1.807) is 6.07 Å². The van der Waals surface area contributed by atoms with Crippen molar-refractivity contribution in [3.8, 4) is 0 Å². The summed E-state index contributed by atoms with van der Waals surface area (Å²) in [5.74, 6) is -1.53. The third kappa shape index (κ3) is 2.77. The number of nitrogens with one attached hydrogen (secondary N) is 1. The average Bonchev–Trinajstić information content (AvgIpc) is 2.32. The predicted octanol–water partition coefficient (Wildman–Crippen LogP) is 2.23. The van der Waals surface area contributed by atoms with Crippen molar-refractivity contribution in [2.45, 2.75) is 25.4 Å². The lowest BCUT2D eigenvalue weighted by atomic mass is 10.1. The standard InChI is InChI=1S/C12H15F2NO/c13-11-3-1-2-9(12(11)14)8-15-10-4-6-16-7-5-10/h1-3,10,15H,4-8H2. The van der Waals surface area contributed by atoms with E-state index < -0.39 is 11.6 Å². The van der Waals surface area contributed by atoms with Crippen molar-refractivity contribution in [1.29, 1.82) is 0 Å². The number of ether oxygens (including phenoxy) is 1.